The van der Waals surface area contributed by atoms with E-state index in [-0.39, 0.29) is 0 Å². The third-order valence-corrected chi connectivity index (χ3v) is 4.25. The molecular weight excluding hydrogens is 320 g/mol. The van der Waals surface area contributed by atoms with Crippen LogP contribution in [0.25, 0.3) is 0 Å². The molecule has 0 aliphatic heterocycles. The van der Waals surface area contributed by atoms with Crippen molar-refractivity contribution in [2.24, 2.45) is 0 Å². The Labute approximate surface area is 128 Å². The second kappa shape index (κ2) is 6.72. The highest BCUT2D eigenvalue weighted by molar-refractivity contribution is 9.10. The number of nitrogens with zero attached hydrogens (tertiary/aromatic N) is 3. The summed E-state index contributed by atoms with van der Waals surface area (Å²) in [5.74, 6) is 1.45. The summed E-state index contributed by atoms with van der Waals surface area (Å²) in [7, 11) is 1.97. The Morgan fingerprint density at radius 2 is 2.15 bits per heavy atom. The first-order valence-electron chi connectivity index (χ1n) is 7.24. The molecular formula is C14H23BrN4O. The molecule has 0 atom stereocenters. The van der Waals surface area contributed by atoms with Gasteiger partial charge in [-0.1, -0.05) is 19.8 Å². The summed E-state index contributed by atoms with van der Waals surface area (Å²) in [6.07, 6.45) is 6.76. The molecule has 2 N–H and O–H groups in total. The van der Waals surface area contributed by atoms with Gasteiger partial charge in [0.15, 0.2) is 0 Å². The van der Waals surface area contributed by atoms with Crippen LogP contribution in [-0.4, -0.2) is 40.8 Å². The molecule has 5 nitrogen and oxygen atoms in total. The summed E-state index contributed by atoms with van der Waals surface area (Å²) in [4.78, 5) is 10.8. The maximum Gasteiger partial charge on any atom is 0.224 e. The molecule has 1 heterocycles. The molecule has 20 heavy (non-hydrogen) atoms. The van der Waals surface area contributed by atoms with Gasteiger partial charge in [0, 0.05) is 26.3 Å². The van der Waals surface area contributed by atoms with Crippen LogP contribution in [0.15, 0.2) is 10.7 Å². The Balaban J connectivity index is 2.09. The van der Waals surface area contributed by atoms with Gasteiger partial charge in [0.1, 0.15) is 5.82 Å². The van der Waals surface area contributed by atoms with Gasteiger partial charge in [-0.15, -0.1) is 0 Å². The topological polar surface area (TPSA) is 61.3 Å². The van der Waals surface area contributed by atoms with Crippen molar-refractivity contribution < 1.29 is 5.11 Å². The highest BCUT2D eigenvalue weighted by Crippen LogP contribution is 2.32. The molecule has 1 aromatic heterocycles. The molecule has 1 aromatic rings. The minimum absolute atomic E-state index is 0.573. The molecule has 2 rings (SSSR count). The van der Waals surface area contributed by atoms with Crippen LogP contribution < -0.4 is 10.2 Å². The largest absolute Gasteiger partial charge is 0.388 e. The van der Waals surface area contributed by atoms with Gasteiger partial charge >= 0.3 is 0 Å². The van der Waals surface area contributed by atoms with Gasteiger partial charge in [0.05, 0.1) is 10.1 Å². The highest BCUT2D eigenvalue weighted by Gasteiger charge is 2.33. The standard InChI is InChI=1S/C14H23BrN4O/c1-3-8-16-13-17-9-11(15)12(18-13)19(2)10-14(20)6-4-5-7-14/h9,20H,3-8,10H2,1-2H3,(H,16,17,18). The number of hydrogen-bond donors (Lipinski definition) is 2. The minimum atomic E-state index is -0.573. The molecule has 0 amide bonds. The lowest BCUT2D eigenvalue weighted by molar-refractivity contribution is 0.0557. The number of halogens is 1. The van der Waals surface area contributed by atoms with E-state index in [1.165, 1.54) is 0 Å². The lowest BCUT2D eigenvalue weighted by Gasteiger charge is -2.29. The van der Waals surface area contributed by atoms with E-state index in [1.807, 2.05) is 11.9 Å². The van der Waals surface area contributed by atoms with Crippen LogP contribution in [0.5, 0.6) is 0 Å². The van der Waals surface area contributed by atoms with E-state index in [1.54, 1.807) is 6.20 Å². The van der Waals surface area contributed by atoms with Gasteiger partial charge in [-0.05, 0) is 35.2 Å². The molecule has 0 spiro atoms. The average Bonchev–Trinajstić information content (AvgIpc) is 2.84. The normalized spacial score (nSPS) is 17.2. The fourth-order valence-electron chi connectivity index (χ4n) is 2.66. The Kier molecular flexibility index (Phi) is 5.21. The number of likely N-dealkylation sites (N-methyl/N-ethyl adjacent to an activating group) is 1. The smallest absolute Gasteiger partial charge is 0.224 e. The van der Waals surface area contributed by atoms with Crippen LogP contribution in [0.2, 0.25) is 0 Å². The van der Waals surface area contributed by atoms with Gasteiger partial charge < -0.3 is 15.3 Å². The summed E-state index contributed by atoms with van der Waals surface area (Å²) in [5, 5.41) is 13.7. The second-order valence-corrected chi connectivity index (χ2v) is 6.43. The van der Waals surface area contributed by atoms with Crippen LogP contribution in [0.3, 0.4) is 0 Å². The summed E-state index contributed by atoms with van der Waals surface area (Å²) >= 11 is 3.49. The first-order chi connectivity index (χ1) is 9.54. The van der Waals surface area contributed by atoms with Gasteiger partial charge in [-0.25, -0.2) is 4.98 Å². The number of aliphatic hydroxyl groups is 1. The molecule has 112 valence electrons. The van der Waals surface area contributed by atoms with Crippen molar-refractivity contribution >= 4 is 27.7 Å². The maximum absolute atomic E-state index is 10.5. The van der Waals surface area contributed by atoms with Crippen LogP contribution in [0, 0.1) is 0 Å². The lowest BCUT2D eigenvalue weighted by Crippen LogP contribution is -2.39. The second-order valence-electron chi connectivity index (χ2n) is 5.58. The molecule has 1 saturated carbocycles. The lowest BCUT2D eigenvalue weighted by atomic mass is 10.0. The zero-order valence-corrected chi connectivity index (χ0v) is 13.8. The zero-order valence-electron chi connectivity index (χ0n) is 12.2. The van der Waals surface area contributed by atoms with Gasteiger partial charge in [-0.2, -0.15) is 4.98 Å². The van der Waals surface area contributed by atoms with Crippen molar-refractivity contribution in [2.75, 3.05) is 30.4 Å². The molecule has 1 aliphatic carbocycles. The third-order valence-electron chi connectivity index (χ3n) is 3.69. The Morgan fingerprint density at radius 1 is 1.45 bits per heavy atom. The van der Waals surface area contributed by atoms with E-state index in [4.69, 9.17) is 0 Å². The van der Waals surface area contributed by atoms with E-state index in [0.717, 1.165) is 48.9 Å². The summed E-state index contributed by atoms with van der Waals surface area (Å²) in [5.41, 5.74) is -0.573. The Hall–Kier alpha value is -0.880. The van der Waals surface area contributed by atoms with Gasteiger partial charge in [0.2, 0.25) is 5.95 Å². The van der Waals surface area contributed by atoms with E-state index >= 15 is 0 Å². The van der Waals surface area contributed by atoms with Crippen molar-refractivity contribution in [1.29, 1.82) is 0 Å². The fraction of sp³-hybridized carbons (Fsp3) is 0.714. The fourth-order valence-corrected chi connectivity index (χ4v) is 3.15. The van der Waals surface area contributed by atoms with Crippen LogP contribution in [0.4, 0.5) is 11.8 Å². The van der Waals surface area contributed by atoms with E-state index < -0.39 is 5.60 Å². The molecule has 1 aliphatic rings. The number of aromatic nitrogens is 2. The van der Waals surface area contributed by atoms with Crippen LogP contribution >= 0.6 is 15.9 Å². The quantitative estimate of drug-likeness (QED) is 0.832. The first kappa shape index (κ1) is 15.5. The number of rotatable bonds is 6. The van der Waals surface area contributed by atoms with Crippen molar-refractivity contribution in [3.63, 3.8) is 0 Å². The third kappa shape index (κ3) is 3.82. The van der Waals surface area contributed by atoms with Gasteiger partial charge in [0.25, 0.3) is 0 Å². The molecule has 6 heteroatoms. The van der Waals surface area contributed by atoms with Crippen LogP contribution in [-0.2, 0) is 0 Å². The molecule has 0 bridgehead atoms. The molecule has 0 unspecified atom stereocenters. The zero-order chi connectivity index (χ0) is 14.6. The maximum atomic E-state index is 10.5. The van der Waals surface area contributed by atoms with Crippen molar-refractivity contribution in [3.8, 4) is 0 Å². The summed E-state index contributed by atoms with van der Waals surface area (Å²) in [6, 6.07) is 0. The number of nitrogens with one attached hydrogen (secondary N) is 1. The van der Waals surface area contributed by atoms with Crippen molar-refractivity contribution in [1.82, 2.24) is 9.97 Å². The number of anilines is 2. The number of hydrogen-bond acceptors (Lipinski definition) is 5. The minimum Gasteiger partial charge on any atom is -0.388 e. The summed E-state index contributed by atoms with van der Waals surface area (Å²) < 4.78 is 0.851. The predicted octanol–water partition coefficient (Wildman–Crippen LogP) is 2.80. The van der Waals surface area contributed by atoms with E-state index in [0.29, 0.717) is 12.5 Å². The van der Waals surface area contributed by atoms with E-state index in [2.05, 4.69) is 38.1 Å². The molecule has 0 saturated heterocycles. The molecule has 1 fully saturated rings. The SMILES string of the molecule is CCCNc1ncc(Br)c(N(C)CC2(O)CCCC2)n1. The Morgan fingerprint density at radius 3 is 2.80 bits per heavy atom. The average molecular weight is 343 g/mol. The van der Waals surface area contributed by atoms with Crippen molar-refractivity contribution in [3.05, 3.63) is 10.7 Å². The first-order valence-corrected chi connectivity index (χ1v) is 8.03. The predicted molar refractivity (Wildman–Crippen MR) is 85.2 cm³/mol. The molecule has 0 radical (unpaired) electrons. The molecule has 0 aromatic carbocycles. The van der Waals surface area contributed by atoms with Crippen molar-refractivity contribution in [2.45, 2.75) is 44.6 Å². The summed E-state index contributed by atoms with van der Waals surface area (Å²) in [6.45, 7) is 3.57. The van der Waals surface area contributed by atoms with Gasteiger partial charge in [-0.3, -0.25) is 0 Å². The highest BCUT2D eigenvalue weighted by atomic mass is 79.9. The van der Waals surface area contributed by atoms with Crippen LogP contribution in [0.1, 0.15) is 39.0 Å². The monoisotopic (exact) mass is 342 g/mol. The van der Waals surface area contributed by atoms with E-state index in [9.17, 15) is 5.11 Å². The Bertz CT molecular complexity index is 449.